The monoisotopic (exact) mass is 336 g/mol. The van der Waals surface area contributed by atoms with Gasteiger partial charge in [0.15, 0.2) is 0 Å². The fraction of sp³-hybridized carbons (Fsp3) is 0.556. The van der Waals surface area contributed by atoms with E-state index in [9.17, 15) is 14.7 Å². The lowest BCUT2D eigenvalue weighted by Crippen LogP contribution is -2.27. The number of ether oxygens (including phenoxy) is 1. The number of benzene rings is 1. The van der Waals surface area contributed by atoms with Gasteiger partial charge in [-0.1, -0.05) is 19.3 Å². The van der Waals surface area contributed by atoms with Gasteiger partial charge in [-0.15, -0.1) is 0 Å². The van der Waals surface area contributed by atoms with E-state index in [-0.39, 0.29) is 28.9 Å². The summed E-state index contributed by atoms with van der Waals surface area (Å²) >= 11 is 0. The Morgan fingerprint density at radius 1 is 0.958 bits per heavy atom. The number of carboxylic acid groups (broad SMARTS) is 2. The highest BCUT2D eigenvalue weighted by Crippen LogP contribution is 2.42. The van der Waals surface area contributed by atoms with Crippen LogP contribution in [0.1, 0.15) is 65.7 Å². The molecule has 2 rings (SSSR count). The topological polar surface area (TPSA) is 104 Å². The second-order valence-corrected chi connectivity index (χ2v) is 6.49. The number of carboxylic acids is 2. The van der Waals surface area contributed by atoms with Gasteiger partial charge in [0.2, 0.25) is 0 Å². The summed E-state index contributed by atoms with van der Waals surface area (Å²) in [6.07, 6.45) is 7.16. The van der Waals surface area contributed by atoms with E-state index < -0.39 is 11.9 Å². The molecule has 0 aliphatic heterocycles. The van der Waals surface area contributed by atoms with Gasteiger partial charge in [0, 0.05) is 6.61 Å². The predicted octanol–water partition coefficient (Wildman–Crippen LogP) is 3.18. The first-order valence-electron chi connectivity index (χ1n) is 8.31. The Balaban J connectivity index is 2.05. The molecule has 0 saturated heterocycles. The lowest BCUT2D eigenvalue weighted by Gasteiger charge is -2.37. The van der Waals surface area contributed by atoms with E-state index in [0.29, 0.717) is 6.61 Å². The van der Waals surface area contributed by atoms with Crippen LogP contribution < -0.4 is 4.74 Å². The van der Waals surface area contributed by atoms with Gasteiger partial charge in [0.1, 0.15) is 5.75 Å². The SMILES string of the molecule is O=C(O)c1cc(OCCC2(CCO)CCCCC2)cc(C(=O)O)c1. The Morgan fingerprint density at radius 2 is 1.54 bits per heavy atom. The van der Waals surface area contributed by atoms with Gasteiger partial charge in [-0.2, -0.15) is 0 Å². The number of rotatable bonds is 8. The molecule has 0 unspecified atom stereocenters. The van der Waals surface area contributed by atoms with Gasteiger partial charge in [-0.3, -0.25) is 0 Å². The molecule has 0 spiro atoms. The molecule has 0 atom stereocenters. The van der Waals surface area contributed by atoms with Crippen LogP contribution >= 0.6 is 0 Å². The van der Waals surface area contributed by atoms with E-state index in [4.69, 9.17) is 14.9 Å². The maximum atomic E-state index is 11.1. The third-order valence-corrected chi connectivity index (χ3v) is 4.86. The molecule has 0 aromatic heterocycles. The Morgan fingerprint density at radius 3 is 2.04 bits per heavy atom. The van der Waals surface area contributed by atoms with Crippen LogP contribution in [0.15, 0.2) is 18.2 Å². The summed E-state index contributed by atoms with van der Waals surface area (Å²) < 4.78 is 5.65. The number of hydrogen-bond acceptors (Lipinski definition) is 4. The van der Waals surface area contributed by atoms with Crippen molar-refractivity contribution in [3.8, 4) is 5.75 Å². The van der Waals surface area contributed by atoms with Crippen molar-refractivity contribution in [2.45, 2.75) is 44.9 Å². The predicted molar refractivity (Wildman–Crippen MR) is 87.7 cm³/mol. The molecule has 1 fully saturated rings. The van der Waals surface area contributed by atoms with Crippen molar-refractivity contribution in [1.29, 1.82) is 0 Å². The average Bonchev–Trinajstić information content (AvgIpc) is 2.55. The van der Waals surface area contributed by atoms with Crippen LogP contribution in [0.25, 0.3) is 0 Å². The zero-order valence-corrected chi connectivity index (χ0v) is 13.7. The second-order valence-electron chi connectivity index (χ2n) is 6.49. The summed E-state index contributed by atoms with van der Waals surface area (Å²) in [4.78, 5) is 22.2. The fourth-order valence-corrected chi connectivity index (χ4v) is 3.48. The van der Waals surface area contributed by atoms with Gasteiger partial charge in [-0.05, 0) is 49.3 Å². The molecule has 1 aromatic rings. The highest BCUT2D eigenvalue weighted by Gasteiger charge is 2.31. The first-order valence-corrected chi connectivity index (χ1v) is 8.31. The molecule has 0 amide bonds. The summed E-state index contributed by atoms with van der Waals surface area (Å²) in [5, 5.41) is 27.5. The molecule has 6 heteroatoms. The second kappa shape index (κ2) is 8.15. The van der Waals surface area contributed by atoms with Crippen molar-refractivity contribution < 1.29 is 29.6 Å². The molecule has 0 bridgehead atoms. The molecule has 6 nitrogen and oxygen atoms in total. The first kappa shape index (κ1) is 18.3. The van der Waals surface area contributed by atoms with Crippen molar-refractivity contribution in [1.82, 2.24) is 0 Å². The minimum atomic E-state index is -1.19. The van der Waals surface area contributed by atoms with Crippen molar-refractivity contribution in [2.24, 2.45) is 5.41 Å². The normalized spacial score (nSPS) is 16.5. The zero-order valence-electron chi connectivity index (χ0n) is 13.7. The smallest absolute Gasteiger partial charge is 0.335 e. The number of hydrogen-bond donors (Lipinski definition) is 3. The molecule has 0 heterocycles. The molecule has 132 valence electrons. The number of carbonyl (C=O) groups is 2. The fourth-order valence-electron chi connectivity index (χ4n) is 3.48. The van der Waals surface area contributed by atoms with Crippen molar-refractivity contribution in [3.63, 3.8) is 0 Å². The van der Waals surface area contributed by atoms with Gasteiger partial charge in [0.25, 0.3) is 0 Å². The average molecular weight is 336 g/mol. The number of aliphatic hydroxyl groups is 1. The van der Waals surface area contributed by atoms with E-state index in [0.717, 1.165) is 44.6 Å². The molecule has 1 saturated carbocycles. The lowest BCUT2D eigenvalue weighted by molar-refractivity contribution is 0.0695. The summed E-state index contributed by atoms with van der Waals surface area (Å²) in [6, 6.07) is 3.80. The van der Waals surface area contributed by atoms with Crippen molar-refractivity contribution in [2.75, 3.05) is 13.2 Å². The third-order valence-electron chi connectivity index (χ3n) is 4.86. The Kier molecular flexibility index (Phi) is 6.20. The third kappa shape index (κ3) is 4.71. The van der Waals surface area contributed by atoms with Gasteiger partial charge < -0.3 is 20.1 Å². The van der Waals surface area contributed by atoms with Crippen LogP contribution in [-0.2, 0) is 0 Å². The largest absolute Gasteiger partial charge is 0.494 e. The molecule has 0 radical (unpaired) electrons. The molecule has 24 heavy (non-hydrogen) atoms. The minimum Gasteiger partial charge on any atom is -0.494 e. The molecule has 3 N–H and O–H groups in total. The van der Waals surface area contributed by atoms with Gasteiger partial charge in [-0.25, -0.2) is 9.59 Å². The van der Waals surface area contributed by atoms with Crippen LogP contribution in [0.4, 0.5) is 0 Å². The lowest BCUT2D eigenvalue weighted by atomic mass is 9.70. The Hall–Kier alpha value is -2.08. The standard InChI is InChI=1S/C18H24O6/c19-8-6-18(4-2-1-3-5-18)7-9-24-15-11-13(16(20)21)10-14(12-15)17(22)23/h10-12,19H,1-9H2,(H,20,21)(H,22,23). The minimum absolute atomic E-state index is 0.0764. The molecule has 1 aromatic carbocycles. The highest BCUT2D eigenvalue weighted by molar-refractivity contribution is 5.94. The van der Waals surface area contributed by atoms with Crippen molar-refractivity contribution >= 4 is 11.9 Å². The maximum Gasteiger partial charge on any atom is 0.335 e. The quantitative estimate of drug-likeness (QED) is 0.673. The van der Waals surface area contributed by atoms with Crippen molar-refractivity contribution in [3.05, 3.63) is 29.3 Å². The Labute approximate surface area is 141 Å². The van der Waals surface area contributed by atoms with Crippen LogP contribution in [0.3, 0.4) is 0 Å². The van der Waals surface area contributed by atoms with E-state index >= 15 is 0 Å². The Bertz CT molecular complexity index is 551. The summed E-state index contributed by atoms with van der Waals surface area (Å²) in [6.45, 7) is 0.528. The first-order chi connectivity index (χ1) is 11.5. The van der Waals surface area contributed by atoms with Crippen LogP contribution in [0.5, 0.6) is 5.75 Å². The number of aliphatic hydroxyl groups excluding tert-OH is 1. The maximum absolute atomic E-state index is 11.1. The highest BCUT2D eigenvalue weighted by atomic mass is 16.5. The summed E-state index contributed by atoms with van der Waals surface area (Å²) in [5.41, 5.74) is -0.132. The molecule has 1 aliphatic rings. The summed E-state index contributed by atoms with van der Waals surface area (Å²) in [7, 11) is 0. The van der Waals surface area contributed by atoms with E-state index in [2.05, 4.69) is 0 Å². The van der Waals surface area contributed by atoms with Gasteiger partial charge in [0.05, 0.1) is 17.7 Å². The molecular formula is C18H24O6. The summed E-state index contributed by atoms with van der Waals surface area (Å²) in [5.74, 6) is -2.12. The van der Waals surface area contributed by atoms with E-state index in [1.54, 1.807) is 0 Å². The van der Waals surface area contributed by atoms with Crippen LogP contribution in [0, 0.1) is 5.41 Å². The van der Waals surface area contributed by atoms with Crippen LogP contribution in [-0.4, -0.2) is 40.5 Å². The number of aromatic carboxylic acids is 2. The van der Waals surface area contributed by atoms with Gasteiger partial charge >= 0.3 is 11.9 Å². The molecule has 1 aliphatic carbocycles. The zero-order chi connectivity index (χ0) is 17.6. The van der Waals surface area contributed by atoms with E-state index in [1.165, 1.54) is 18.6 Å². The molecular weight excluding hydrogens is 312 g/mol. The van der Waals surface area contributed by atoms with E-state index in [1.807, 2.05) is 0 Å². The van der Waals surface area contributed by atoms with Crippen LogP contribution in [0.2, 0.25) is 0 Å².